The Balaban J connectivity index is -0.00000000167. The van der Waals surface area contributed by atoms with E-state index >= 15 is 0 Å². The maximum absolute atomic E-state index is 6.50. The first-order valence-electron chi connectivity index (χ1n) is 0.258. The average Bonchev–Trinajstić information content (AvgIpc) is 1.00. The van der Waals surface area contributed by atoms with Gasteiger partial charge in [0.25, 0.3) is 0 Å². The second-order valence-electron chi connectivity index (χ2n) is 0. The minimum absolute atomic E-state index is 0. The first-order chi connectivity index (χ1) is 1.00. The van der Waals surface area contributed by atoms with E-state index in [2.05, 4.69) is 5.90 Å². The monoisotopic (exact) mass is 107 g/mol. The van der Waals surface area contributed by atoms with Crippen LogP contribution in [0.15, 0.2) is 0 Å². The molecule has 0 saturated heterocycles. The Morgan fingerprint density at radius 2 is 1.20 bits per heavy atom. The Morgan fingerprint density at radius 1 is 1.20 bits per heavy atom. The largest absolute Gasteiger partial charge is 1.00 e. The molecular formula is H8BClNNaO. The molecule has 0 heterocycles. The van der Waals surface area contributed by atoms with Crippen molar-refractivity contribution in [2.45, 2.75) is 0 Å². The summed E-state index contributed by atoms with van der Waals surface area (Å²) in [4.78, 5) is 0. The molecule has 2 nitrogen and oxygen atoms in total. The Kier molecular flexibility index (Phi) is 400. The smallest absolute Gasteiger partial charge is 0.320 e. The van der Waals surface area contributed by atoms with Crippen molar-refractivity contribution in [2.24, 2.45) is 5.90 Å². The predicted octanol–water partition coefficient (Wildman–Crippen LogP) is -4.69. The fraction of sp³-hybridized carbons (Fsp3) is 0. The third-order valence-electron chi connectivity index (χ3n) is 0. The van der Waals surface area contributed by atoms with Crippen LogP contribution in [0.1, 0.15) is 0 Å². The minimum Gasteiger partial charge on any atom is -0.320 e. The van der Waals surface area contributed by atoms with Gasteiger partial charge in [-0.3, -0.25) is 0 Å². The van der Waals surface area contributed by atoms with E-state index in [9.17, 15) is 0 Å². The Morgan fingerprint density at radius 3 is 1.20 bits per heavy atom. The predicted molar refractivity (Wildman–Crippen MR) is 24.6 cm³/mol. The van der Waals surface area contributed by atoms with Gasteiger partial charge in [0, 0.05) is 0 Å². The van der Waals surface area contributed by atoms with Crippen LogP contribution in [0.25, 0.3) is 0 Å². The first kappa shape index (κ1) is 33.7. The SMILES string of the molecule is Cl.NO.[BH4-].[Na+]. The van der Waals surface area contributed by atoms with E-state index in [1.54, 1.807) is 0 Å². The molecule has 0 aromatic heterocycles. The summed E-state index contributed by atoms with van der Waals surface area (Å²) in [5.74, 6) is 3.50. The number of halogens is 1. The van der Waals surface area contributed by atoms with Gasteiger partial charge in [0.05, 0.1) is 0 Å². The van der Waals surface area contributed by atoms with E-state index in [0.29, 0.717) is 0 Å². The summed E-state index contributed by atoms with van der Waals surface area (Å²) in [5.41, 5.74) is 0. The van der Waals surface area contributed by atoms with Gasteiger partial charge in [-0.15, -0.1) is 12.4 Å². The average molecular weight is 107 g/mol. The first-order valence-corrected chi connectivity index (χ1v) is 0.258. The number of hydrogen-bond donors (Lipinski definition) is 2. The summed E-state index contributed by atoms with van der Waals surface area (Å²) in [6.45, 7) is 0. The fourth-order valence-corrected chi connectivity index (χ4v) is 0. The molecule has 3 N–H and O–H groups in total. The zero-order chi connectivity index (χ0) is 2.00. The Hall–Kier alpha value is 1.27. The van der Waals surface area contributed by atoms with Gasteiger partial charge in [-0.25, -0.2) is 5.90 Å². The molecule has 0 unspecified atom stereocenters. The van der Waals surface area contributed by atoms with Crippen LogP contribution in [0.2, 0.25) is 0 Å². The molecule has 5 heteroatoms. The van der Waals surface area contributed by atoms with Crippen molar-refractivity contribution >= 4 is 20.8 Å². The van der Waals surface area contributed by atoms with Gasteiger partial charge in [0.1, 0.15) is 0 Å². The topological polar surface area (TPSA) is 46.2 Å². The van der Waals surface area contributed by atoms with Gasteiger partial charge in [-0.1, -0.05) is 8.41 Å². The molecule has 0 radical (unpaired) electrons. The van der Waals surface area contributed by atoms with Crippen molar-refractivity contribution < 1.29 is 34.8 Å². The van der Waals surface area contributed by atoms with Crippen molar-refractivity contribution in [3.8, 4) is 0 Å². The van der Waals surface area contributed by atoms with Crippen LogP contribution in [0.5, 0.6) is 0 Å². The minimum atomic E-state index is 0. The zero-order valence-corrected chi connectivity index (χ0v) is 5.25. The normalized spacial score (nSPS) is 1.20. The van der Waals surface area contributed by atoms with E-state index in [4.69, 9.17) is 5.21 Å². The summed E-state index contributed by atoms with van der Waals surface area (Å²) in [5, 5.41) is 6.50. The van der Waals surface area contributed by atoms with Crippen LogP contribution in [0.4, 0.5) is 0 Å². The van der Waals surface area contributed by atoms with Crippen LogP contribution >= 0.6 is 12.4 Å². The molecule has 0 aliphatic heterocycles. The maximum Gasteiger partial charge on any atom is 1.00 e. The second kappa shape index (κ2) is 59.3. The van der Waals surface area contributed by atoms with Crippen molar-refractivity contribution in [1.82, 2.24) is 0 Å². The maximum atomic E-state index is 6.50. The summed E-state index contributed by atoms with van der Waals surface area (Å²) in [7, 11) is 0. The third-order valence-corrected chi connectivity index (χ3v) is 0. The van der Waals surface area contributed by atoms with E-state index in [1.807, 2.05) is 0 Å². The summed E-state index contributed by atoms with van der Waals surface area (Å²) < 4.78 is 0. The van der Waals surface area contributed by atoms with Gasteiger partial charge in [0.15, 0.2) is 0 Å². The molecule has 30 valence electrons. The molecular weight excluding hydrogens is 99.3 g/mol. The van der Waals surface area contributed by atoms with E-state index in [0.717, 1.165) is 0 Å². The van der Waals surface area contributed by atoms with E-state index in [-0.39, 0.29) is 50.4 Å². The summed E-state index contributed by atoms with van der Waals surface area (Å²) in [6.07, 6.45) is 0. The molecule has 0 atom stereocenters. The Bertz CT molecular complexity index is 11.6. The number of rotatable bonds is 0. The molecule has 0 aliphatic carbocycles. The number of nitrogens with two attached hydrogens (primary N) is 1. The third kappa shape index (κ3) is 34.8. The zero-order valence-electron chi connectivity index (χ0n) is 2.43. The second-order valence-corrected chi connectivity index (χ2v) is 0. The van der Waals surface area contributed by atoms with Crippen LogP contribution in [-0.2, 0) is 0 Å². The number of hydrogen-bond acceptors (Lipinski definition) is 2. The summed E-state index contributed by atoms with van der Waals surface area (Å²) in [6, 6.07) is 0. The molecule has 0 aromatic rings. The molecule has 0 fully saturated rings. The van der Waals surface area contributed by atoms with Crippen LogP contribution in [-0.4, -0.2) is 13.6 Å². The van der Waals surface area contributed by atoms with Crippen LogP contribution < -0.4 is 35.5 Å². The van der Waals surface area contributed by atoms with E-state index in [1.165, 1.54) is 0 Å². The van der Waals surface area contributed by atoms with Crippen LogP contribution in [0.3, 0.4) is 0 Å². The molecule has 0 rings (SSSR count). The van der Waals surface area contributed by atoms with Crippen molar-refractivity contribution in [3.05, 3.63) is 0 Å². The molecule has 0 spiro atoms. The molecule has 0 saturated carbocycles. The van der Waals surface area contributed by atoms with Crippen molar-refractivity contribution in [1.29, 1.82) is 0 Å². The van der Waals surface area contributed by atoms with Gasteiger partial charge in [-0.05, 0) is 0 Å². The Labute approximate surface area is 61.4 Å². The summed E-state index contributed by atoms with van der Waals surface area (Å²) >= 11 is 0. The van der Waals surface area contributed by atoms with Gasteiger partial charge in [-0.2, -0.15) is 0 Å². The fourth-order valence-electron chi connectivity index (χ4n) is 0. The van der Waals surface area contributed by atoms with Gasteiger partial charge < -0.3 is 5.21 Å². The standard InChI is InChI=1S/BH4.ClH.H3NO.Na/c;;1-2;/h1H4;1H;2H,1H2;/q-1;;;+1. The van der Waals surface area contributed by atoms with Gasteiger partial charge >= 0.3 is 29.6 Å². The van der Waals surface area contributed by atoms with E-state index < -0.39 is 0 Å². The molecule has 0 bridgehead atoms. The van der Waals surface area contributed by atoms with Gasteiger partial charge in [0.2, 0.25) is 0 Å². The quantitative estimate of drug-likeness (QED) is 0.241. The van der Waals surface area contributed by atoms with Crippen molar-refractivity contribution in [3.63, 3.8) is 0 Å². The molecule has 0 aromatic carbocycles. The molecule has 0 amide bonds. The van der Waals surface area contributed by atoms with Crippen LogP contribution in [0, 0.1) is 0 Å². The molecule has 5 heavy (non-hydrogen) atoms. The van der Waals surface area contributed by atoms with Crippen molar-refractivity contribution in [2.75, 3.05) is 0 Å². The molecule has 0 aliphatic rings.